The molecule has 0 radical (unpaired) electrons. The molecule has 2 aliphatic rings. The van der Waals surface area contributed by atoms with Gasteiger partial charge in [0.1, 0.15) is 0 Å². The maximum Gasteiger partial charge on any atom is 0.0540 e. The van der Waals surface area contributed by atoms with E-state index in [-0.39, 0.29) is 11.5 Å². The summed E-state index contributed by atoms with van der Waals surface area (Å²) in [4.78, 5) is 0. The zero-order valence-electron chi connectivity index (χ0n) is 9.53. The third kappa shape index (κ3) is 2.34. The molecule has 0 aromatic heterocycles. The summed E-state index contributed by atoms with van der Waals surface area (Å²) in [6.07, 6.45) is 10.8. The Kier molecular flexibility index (Phi) is 3.73. The monoisotopic (exact) mass is 241 g/mol. The second-order valence-corrected chi connectivity index (χ2v) is 5.59. The third-order valence-corrected chi connectivity index (χ3v) is 4.46. The van der Waals surface area contributed by atoms with Crippen molar-refractivity contribution in [2.45, 2.75) is 38.2 Å². The van der Waals surface area contributed by atoms with Gasteiger partial charge in [-0.15, -0.1) is 0 Å². The zero-order chi connectivity index (χ0) is 11.6. The van der Waals surface area contributed by atoms with Gasteiger partial charge < -0.3 is 10.8 Å². The van der Waals surface area contributed by atoms with Crippen molar-refractivity contribution in [2.75, 3.05) is 6.54 Å². The Bertz CT molecular complexity index is 303. The molecule has 0 spiro atoms. The highest BCUT2D eigenvalue weighted by Gasteiger charge is 2.39. The Hall–Kier alpha value is -0.310. The molecule has 1 unspecified atom stereocenters. The molecule has 1 saturated carbocycles. The molecule has 2 rings (SSSR count). The number of hydrogen-bond donors (Lipinski definition) is 2. The van der Waals surface area contributed by atoms with Crippen LogP contribution in [0.3, 0.4) is 0 Å². The van der Waals surface area contributed by atoms with E-state index in [0.29, 0.717) is 12.5 Å². The van der Waals surface area contributed by atoms with E-state index in [9.17, 15) is 5.11 Å². The molecule has 1 atom stereocenters. The maximum absolute atomic E-state index is 9.59. The van der Waals surface area contributed by atoms with Gasteiger partial charge in [0.25, 0.3) is 0 Å². The van der Waals surface area contributed by atoms with Gasteiger partial charge in [-0.1, -0.05) is 23.8 Å². The van der Waals surface area contributed by atoms with Gasteiger partial charge in [-0.05, 0) is 56.1 Å². The average Bonchev–Trinajstić information content (AvgIpc) is 2.31. The molecular formula is C13H20ClNO. The molecule has 0 bridgehead atoms. The van der Waals surface area contributed by atoms with Gasteiger partial charge in [0.2, 0.25) is 0 Å². The SMILES string of the molecule is NCC1(C2C=CC=C(Cl)C2)CCC(O)CC1. The molecule has 0 heterocycles. The van der Waals surface area contributed by atoms with Crippen LogP contribution in [0.5, 0.6) is 0 Å². The number of aliphatic hydroxyl groups is 1. The van der Waals surface area contributed by atoms with Crippen LogP contribution in [0, 0.1) is 11.3 Å². The zero-order valence-corrected chi connectivity index (χ0v) is 10.3. The quantitative estimate of drug-likeness (QED) is 0.781. The maximum atomic E-state index is 9.59. The Morgan fingerprint density at radius 2 is 2.12 bits per heavy atom. The molecule has 3 N–H and O–H groups in total. The number of rotatable bonds is 2. The number of aliphatic hydroxyl groups excluding tert-OH is 1. The molecule has 0 saturated heterocycles. The predicted molar refractivity (Wildman–Crippen MR) is 67.1 cm³/mol. The van der Waals surface area contributed by atoms with Crippen molar-refractivity contribution in [3.8, 4) is 0 Å². The highest BCUT2D eigenvalue weighted by molar-refractivity contribution is 6.29. The van der Waals surface area contributed by atoms with Crippen molar-refractivity contribution < 1.29 is 5.11 Å². The van der Waals surface area contributed by atoms with Crippen LogP contribution < -0.4 is 5.73 Å². The molecule has 0 amide bonds. The third-order valence-electron chi connectivity index (χ3n) is 4.18. The van der Waals surface area contributed by atoms with Crippen LogP contribution in [0.1, 0.15) is 32.1 Å². The van der Waals surface area contributed by atoms with Crippen LogP contribution in [0.25, 0.3) is 0 Å². The van der Waals surface area contributed by atoms with Crippen molar-refractivity contribution in [3.63, 3.8) is 0 Å². The van der Waals surface area contributed by atoms with Gasteiger partial charge in [-0.2, -0.15) is 0 Å². The topological polar surface area (TPSA) is 46.2 Å². The Morgan fingerprint density at radius 3 is 2.69 bits per heavy atom. The van der Waals surface area contributed by atoms with Crippen LogP contribution in [-0.2, 0) is 0 Å². The molecule has 0 aromatic rings. The van der Waals surface area contributed by atoms with Gasteiger partial charge in [0, 0.05) is 5.03 Å². The lowest BCUT2D eigenvalue weighted by molar-refractivity contribution is 0.0430. The molecule has 0 aliphatic heterocycles. The number of hydrogen-bond acceptors (Lipinski definition) is 2. The first-order valence-corrected chi connectivity index (χ1v) is 6.45. The predicted octanol–water partition coefficient (Wildman–Crippen LogP) is 2.57. The second kappa shape index (κ2) is 4.91. The van der Waals surface area contributed by atoms with E-state index in [0.717, 1.165) is 37.1 Å². The lowest BCUT2D eigenvalue weighted by atomic mass is 9.63. The summed E-state index contributed by atoms with van der Waals surface area (Å²) >= 11 is 6.10. The minimum absolute atomic E-state index is 0.127. The molecular weight excluding hydrogens is 222 g/mol. The van der Waals surface area contributed by atoms with Gasteiger partial charge in [-0.25, -0.2) is 0 Å². The molecule has 0 aromatic carbocycles. The van der Waals surface area contributed by atoms with E-state index in [2.05, 4.69) is 6.08 Å². The molecule has 2 nitrogen and oxygen atoms in total. The van der Waals surface area contributed by atoms with Crippen molar-refractivity contribution in [2.24, 2.45) is 17.1 Å². The van der Waals surface area contributed by atoms with Crippen LogP contribution in [0.4, 0.5) is 0 Å². The van der Waals surface area contributed by atoms with Crippen LogP contribution >= 0.6 is 11.6 Å². The minimum atomic E-state index is -0.127. The summed E-state index contributed by atoms with van der Waals surface area (Å²) < 4.78 is 0. The number of allylic oxidation sites excluding steroid dienone is 4. The highest BCUT2D eigenvalue weighted by atomic mass is 35.5. The van der Waals surface area contributed by atoms with Crippen molar-refractivity contribution >= 4 is 11.6 Å². The van der Waals surface area contributed by atoms with E-state index in [1.54, 1.807) is 0 Å². The second-order valence-electron chi connectivity index (χ2n) is 5.11. The van der Waals surface area contributed by atoms with E-state index in [1.165, 1.54) is 0 Å². The normalized spacial score (nSPS) is 39.6. The molecule has 1 fully saturated rings. The molecule has 3 heteroatoms. The van der Waals surface area contributed by atoms with E-state index in [4.69, 9.17) is 17.3 Å². The van der Waals surface area contributed by atoms with Crippen molar-refractivity contribution in [1.82, 2.24) is 0 Å². The van der Waals surface area contributed by atoms with Gasteiger partial charge in [-0.3, -0.25) is 0 Å². The highest BCUT2D eigenvalue weighted by Crippen LogP contribution is 2.46. The van der Waals surface area contributed by atoms with E-state index < -0.39 is 0 Å². The van der Waals surface area contributed by atoms with Crippen molar-refractivity contribution in [1.29, 1.82) is 0 Å². The first-order valence-electron chi connectivity index (χ1n) is 6.07. The summed E-state index contributed by atoms with van der Waals surface area (Å²) in [7, 11) is 0. The lowest BCUT2D eigenvalue weighted by Gasteiger charge is -2.43. The molecule has 16 heavy (non-hydrogen) atoms. The fourth-order valence-electron chi connectivity index (χ4n) is 2.96. The summed E-state index contributed by atoms with van der Waals surface area (Å²) in [5.74, 6) is 0.447. The Labute approximate surface area is 102 Å². The van der Waals surface area contributed by atoms with Gasteiger partial charge in [0.15, 0.2) is 0 Å². The van der Waals surface area contributed by atoms with E-state index in [1.807, 2.05) is 12.2 Å². The first-order chi connectivity index (χ1) is 7.66. The van der Waals surface area contributed by atoms with Crippen LogP contribution in [0.15, 0.2) is 23.3 Å². The smallest absolute Gasteiger partial charge is 0.0540 e. The fourth-order valence-corrected chi connectivity index (χ4v) is 3.20. The van der Waals surface area contributed by atoms with Crippen LogP contribution in [0.2, 0.25) is 0 Å². The standard InChI is InChI=1S/C13H20ClNO/c14-11-3-1-2-10(8-11)13(9-15)6-4-12(16)5-7-13/h1-3,10,12,16H,4-9,15H2. The number of nitrogens with two attached hydrogens (primary N) is 1. The minimum Gasteiger partial charge on any atom is -0.393 e. The molecule has 90 valence electrons. The number of halogens is 1. The van der Waals surface area contributed by atoms with Crippen molar-refractivity contribution in [3.05, 3.63) is 23.3 Å². The van der Waals surface area contributed by atoms with Crippen LogP contribution in [-0.4, -0.2) is 17.8 Å². The van der Waals surface area contributed by atoms with Gasteiger partial charge >= 0.3 is 0 Å². The summed E-state index contributed by atoms with van der Waals surface area (Å²) in [5.41, 5.74) is 6.14. The Balaban J connectivity index is 2.10. The fraction of sp³-hybridized carbons (Fsp3) is 0.692. The van der Waals surface area contributed by atoms with E-state index >= 15 is 0 Å². The Morgan fingerprint density at radius 1 is 1.44 bits per heavy atom. The summed E-state index contributed by atoms with van der Waals surface area (Å²) in [6, 6.07) is 0. The lowest BCUT2D eigenvalue weighted by Crippen LogP contribution is -2.42. The largest absolute Gasteiger partial charge is 0.393 e. The molecule has 2 aliphatic carbocycles. The van der Waals surface area contributed by atoms with Gasteiger partial charge in [0.05, 0.1) is 6.10 Å². The summed E-state index contributed by atoms with van der Waals surface area (Å²) in [6.45, 7) is 0.693. The summed E-state index contributed by atoms with van der Waals surface area (Å²) in [5, 5.41) is 10.5. The first kappa shape index (κ1) is 12.2. The average molecular weight is 242 g/mol.